The van der Waals surface area contributed by atoms with Crippen LogP contribution in [0, 0.1) is 5.41 Å². The molecular formula is C9H9F3O2. The molecule has 0 aliphatic heterocycles. The molecule has 0 aromatic carbocycles. The molecule has 0 N–H and O–H groups in total. The van der Waals surface area contributed by atoms with Crippen LogP contribution in [-0.4, -0.2) is 18.2 Å². The van der Waals surface area contributed by atoms with E-state index in [2.05, 4.69) is 0 Å². The molecule has 1 rings (SSSR count). The van der Waals surface area contributed by atoms with Gasteiger partial charge in [0.2, 0.25) is 0 Å². The minimum Gasteiger partial charge on any atom is -0.298 e. The van der Waals surface area contributed by atoms with Crippen LogP contribution in [0.15, 0.2) is 11.6 Å². The molecule has 0 aromatic heterocycles. The molecule has 2 nitrogen and oxygen atoms in total. The van der Waals surface area contributed by atoms with Crippen molar-refractivity contribution in [1.82, 2.24) is 0 Å². The van der Waals surface area contributed by atoms with E-state index in [1.807, 2.05) is 0 Å². The molecule has 1 aliphatic carbocycles. The molecule has 1 unspecified atom stereocenters. The van der Waals surface area contributed by atoms with E-state index in [4.69, 9.17) is 0 Å². The number of rotatable bonds is 1. The standard InChI is InChI=1S/C9H9F3O2/c1-8(9(10,11)12)3-6(5-13)2-7(14)4-8/h2,5H,3-4H2,1H3. The number of aldehydes is 1. The summed E-state index contributed by atoms with van der Waals surface area (Å²) in [5, 5.41) is 0. The van der Waals surface area contributed by atoms with Crippen LogP contribution in [0.4, 0.5) is 13.2 Å². The van der Waals surface area contributed by atoms with Crippen LogP contribution >= 0.6 is 0 Å². The van der Waals surface area contributed by atoms with Gasteiger partial charge in [-0.1, -0.05) is 6.92 Å². The Morgan fingerprint density at radius 1 is 1.43 bits per heavy atom. The lowest BCUT2D eigenvalue weighted by Gasteiger charge is -2.33. The van der Waals surface area contributed by atoms with E-state index in [0.29, 0.717) is 6.29 Å². The van der Waals surface area contributed by atoms with Gasteiger partial charge < -0.3 is 0 Å². The first-order chi connectivity index (χ1) is 6.28. The second-order valence-corrected chi connectivity index (χ2v) is 3.72. The molecule has 5 heteroatoms. The Kier molecular flexibility index (Phi) is 2.52. The lowest BCUT2D eigenvalue weighted by Crippen LogP contribution is -2.39. The van der Waals surface area contributed by atoms with Gasteiger partial charge in [0.25, 0.3) is 0 Å². The average molecular weight is 206 g/mol. The van der Waals surface area contributed by atoms with E-state index in [1.165, 1.54) is 0 Å². The molecule has 1 atom stereocenters. The number of carbonyl (C=O) groups excluding carboxylic acids is 2. The summed E-state index contributed by atoms with van der Waals surface area (Å²) >= 11 is 0. The van der Waals surface area contributed by atoms with E-state index in [-0.39, 0.29) is 5.57 Å². The Bertz CT molecular complexity index is 304. The molecule has 0 spiro atoms. The zero-order chi connectivity index (χ0) is 11.0. The van der Waals surface area contributed by atoms with Gasteiger partial charge in [-0.2, -0.15) is 13.2 Å². The molecular weight excluding hydrogens is 197 g/mol. The molecule has 0 saturated carbocycles. The van der Waals surface area contributed by atoms with Gasteiger partial charge in [-0.05, 0) is 18.1 Å². The summed E-state index contributed by atoms with van der Waals surface area (Å²) in [6.45, 7) is 0.960. The maximum atomic E-state index is 12.5. The van der Waals surface area contributed by atoms with Gasteiger partial charge in [-0.25, -0.2) is 0 Å². The predicted molar refractivity (Wildman–Crippen MR) is 42.6 cm³/mol. The van der Waals surface area contributed by atoms with Crippen LogP contribution < -0.4 is 0 Å². The van der Waals surface area contributed by atoms with Crippen LogP contribution in [0.25, 0.3) is 0 Å². The third-order valence-corrected chi connectivity index (χ3v) is 2.34. The summed E-state index contributed by atoms with van der Waals surface area (Å²) in [6.07, 6.45) is -4.15. The molecule has 0 saturated heterocycles. The Labute approximate surface area is 78.8 Å². The highest BCUT2D eigenvalue weighted by Gasteiger charge is 2.53. The summed E-state index contributed by atoms with van der Waals surface area (Å²) < 4.78 is 37.5. The van der Waals surface area contributed by atoms with Crippen molar-refractivity contribution in [3.63, 3.8) is 0 Å². The molecule has 0 aromatic rings. The molecule has 0 amide bonds. The molecule has 0 heterocycles. The largest absolute Gasteiger partial charge is 0.394 e. The van der Waals surface area contributed by atoms with E-state index in [1.54, 1.807) is 0 Å². The highest BCUT2D eigenvalue weighted by atomic mass is 19.4. The minimum absolute atomic E-state index is 0.0823. The molecule has 0 bridgehead atoms. The number of carbonyl (C=O) groups is 2. The normalized spacial score (nSPS) is 28.6. The van der Waals surface area contributed by atoms with Gasteiger partial charge in [0, 0.05) is 6.42 Å². The van der Waals surface area contributed by atoms with Gasteiger partial charge in [-0.15, -0.1) is 0 Å². The smallest absolute Gasteiger partial charge is 0.298 e. The van der Waals surface area contributed by atoms with Gasteiger partial charge >= 0.3 is 6.18 Å². The van der Waals surface area contributed by atoms with Crippen molar-refractivity contribution in [2.45, 2.75) is 25.9 Å². The maximum Gasteiger partial charge on any atom is 0.394 e. The van der Waals surface area contributed by atoms with Crippen molar-refractivity contribution < 1.29 is 22.8 Å². The molecule has 14 heavy (non-hydrogen) atoms. The van der Waals surface area contributed by atoms with E-state index >= 15 is 0 Å². The first-order valence-corrected chi connectivity index (χ1v) is 4.04. The van der Waals surface area contributed by atoms with E-state index in [9.17, 15) is 22.8 Å². The Morgan fingerprint density at radius 3 is 2.43 bits per heavy atom. The van der Waals surface area contributed by atoms with Crippen molar-refractivity contribution in [2.75, 3.05) is 0 Å². The van der Waals surface area contributed by atoms with Crippen molar-refractivity contribution in [1.29, 1.82) is 0 Å². The van der Waals surface area contributed by atoms with Crippen molar-refractivity contribution in [3.8, 4) is 0 Å². The fourth-order valence-corrected chi connectivity index (χ4v) is 1.48. The Morgan fingerprint density at radius 2 is 2.00 bits per heavy atom. The number of hydrogen-bond donors (Lipinski definition) is 0. The zero-order valence-electron chi connectivity index (χ0n) is 7.52. The monoisotopic (exact) mass is 206 g/mol. The summed E-state index contributed by atoms with van der Waals surface area (Å²) in [5.41, 5.74) is -2.17. The number of alkyl halides is 3. The van der Waals surface area contributed by atoms with Gasteiger partial charge in [0.1, 0.15) is 6.29 Å². The van der Waals surface area contributed by atoms with E-state index in [0.717, 1.165) is 13.0 Å². The topological polar surface area (TPSA) is 34.1 Å². The average Bonchev–Trinajstić information content (AvgIpc) is 2.00. The van der Waals surface area contributed by atoms with Crippen LogP contribution in [0.5, 0.6) is 0 Å². The number of ketones is 1. The first kappa shape index (κ1) is 10.9. The summed E-state index contributed by atoms with van der Waals surface area (Å²) in [7, 11) is 0. The summed E-state index contributed by atoms with van der Waals surface area (Å²) in [5.74, 6) is -0.641. The zero-order valence-corrected chi connectivity index (χ0v) is 7.52. The second kappa shape index (κ2) is 3.22. The van der Waals surface area contributed by atoms with Crippen LogP contribution in [0.1, 0.15) is 19.8 Å². The third kappa shape index (κ3) is 1.86. The highest BCUT2D eigenvalue weighted by Crippen LogP contribution is 2.47. The van der Waals surface area contributed by atoms with Crippen molar-refractivity contribution in [2.24, 2.45) is 5.41 Å². The molecule has 0 fully saturated rings. The Balaban J connectivity index is 3.02. The van der Waals surface area contributed by atoms with Crippen LogP contribution in [-0.2, 0) is 9.59 Å². The second-order valence-electron chi connectivity index (χ2n) is 3.72. The highest BCUT2D eigenvalue weighted by molar-refractivity contribution is 5.97. The fraction of sp³-hybridized carbons (Fsp3) is 0.556. The lowest BCUT2D eigenvalue weighted by molar-refractivity contribution is -0.220. The first-order valence-electron chi connectivity index (χ1n) is 4.04. The third-order valence-electron chi connectivity index (χ3n) is 2.34. The summed E-state index contributed by atoms with van der Waals surface area (Å²) in [4.78, 5) is 21.3. The quantitative estimate of drug-likeness (QED) is 0.615. The molecule has 0 radical (unpaired) electrons. The van der Waals surface area contributed by atoms with Gasteiger partial charge in [-0.3, -0.25) is 9.59 Å². The minimum atomic E-state index is -4.45. The predicted octanol–water partition coefficient (Wildman–Crippen LogP) is 2.04. The SMILES string of the molecule is CC1(C(F)(F)F)CC(=O)C=C(C=O)C1. The van der Waals surface area contributed by atoms with Gasteiger partial charge in [0.05, 0.1) is 5.41 Å². The number of hydrogen-bond acceptors (Lipinski definition) is 2. The summed E-state index contributed by atoms with van der Waals surface area (Å²) in [6, 6.07) is 0. The van der Waals surface area contributed by atoms with Crippen molar-refractivity contribution in [3.05, 3.63) is 11.6 Å². The molecule has 78 valence electrons. The number of halogens is 3. The fourth-order valence-electron chi connectivity index (χ4n) is 1.48. The van der Waals surface area contributed by atoms with Crippen LogP contribution in [0.3, 0.4) is 0 Å². The van der Waals surface area contributed by atoms with Crippen LogP contribution in [0.2, 0.25) is 0 Å². The lowest BCUT2D eigenvalue weighted by atomic mass is 9.75. The Hall–Kier alpha value is -1.13. The maximum absolute atomic E-state index is 12.5. The van der Waals surface area contributed by atoms with Crippen molar-refractivity contribution >= 4 is 12.1 Å². The molecule has 1 aliphatic rings. The van der Waals surface area contributed by atoms with Gasteiger partial charge in [0.15, 0.2) is 5.78 Å². The van der Waals surface area contributed by atoms with E-state index < -0.39 is 30.2 Å². The number of allylic oxidation sites excluding steroid dienone is 2.